The number of carbonyl (C=O) groups excluding carboxylic acids is 2. The van der Waals surface area contributed by atoms with Crippen LogP contribution in [0.2, 0.25) is 0 Å². The number of nitrogens with zero attached hydrogens (tertiary/aromatic N) is 2. The van der Waals surface area contributed by atoms with Crippen LogP contribution in [0.4, 0.5) is 0 Å². The van der Waals surface area contributed by atoms with Gasteiger partial charge in [0.15, 0.2) is 0 Å². The Bertz CT molecular complexity index is 579. The summed E-state index contributed by atoms with van der Waals surface area (Å²) in [5.74, 6) is 0.384. The second-order valence-electron chi connectivity index (χ2n) is 7.41. The van der Waals surface area contributed by atoms with Crippen molar-refractivity contribution >= 4 is 11.8 Å². The first-order valence-corrected chi connectivity index (χ1v) is 9.20. The molecule has 2 unspecified atom stereocenters. The van der Waals surface area contributed by atoms with Gasteiger partial charge in [-0.1, -0.05) is 44.2 Å². The first-order valence-electron chi connectivity index (χ1n) is 9.20. The minimum atomic E-state index is -0.104. The van der Waals surface area contributed by atoms with Crippen LogP contribution >= 0.6 is 0 Å². The van der Waals surface area contributed by atoms with Crippen LogP contribution in [0.5, 0.6) is 0 Å². The molecule has 1 aromatic rings. The molecule has 24 heavy (non-hydrogen) atoms. The van der Waals surface area contributed by atoms with Gasteiger partial charge in [0.05, 0.1) is 5.92 Å². The standard InChI is InChI=1S/C20H28N2O2/c1-15(2)19(23)22-13-17(16-9-5-3-6-10-16)18(14-22)20(24)21-11-7-4-8-12-21/h3,5-6,9-10,15,17-18H,4,7-8,11-14H2,1-2H3. The molecule has 130 valence electrons. The Balaban J connectivity index is 1.82. The molecule has 0 radical (unpaired) electrons. The number of benzene rings is 1. The number of hydrogen-bond donors (Lipinski definition) is 0. The Morgan fingerprint density at radius 2 is 1.62 bits per heavy atom. The van der Waals surface area contributed by atoms with Crippen molar-refractivity contribution in [3.05, 3.63) is 35.9 Å². The lowest BCUT2D eigenvalue weighted by Crippen LogP contribution is -2.42. The second-order valence-corrected chi connectivity index (χ2v) is 7.41. The summed E-state index contributed by atoms with van der Waals surface area (Å²) in [5, 5.41) is 0. The molecule has 0 N–H and O–H groups in total. The van der Waals surface area contributed by atoms with Gasteiger partial charge in [0.25, 0.3) is 0 Å². The quantitative estimate of drug-likeness (QED) is 0.856. The average molecular weight is 328 g/mol. The maximum Gasteiger partial charge on any atom is 0.228 e. The van der Waals surface area contributed by atoms with Crippen LogP contribution in [0.25, 0.3) is 0 Å². The van der Waals surface area contributed by atoms with Crippen LogP contribution in [0.3, 0.4) is 0 Å². The monoisotopic (exact) mass is 328 g/mol. The van der Waals surface area contributed by atoms with Crippen molar-refractivity contribution in [1.29, 1.82) is 0 Å². The average Bonchev–Trinajstić information content (AvgIpc) is 3.07. The zero-order chi connectivity index (χ0) is 17.1. The minimum Gasteiger partial charge on any atom is -0.342 e. The summed E-state index contributed by atoms with van der Waals surface area (Å²) < 4.78 is 0. The van der Waals surface area contributed by atoms with Crippen molar-refractivity contribution in [2.24, 2.45) is 11.8 Å². The highest BCUT2D eigenvalue weighted by molar-refractivity contribution is 5.84. The predicted octanol–water partition coefficient (Wildman–Crippen LogP) is 2.90. The molecule has 2 saturated heterocycles. The molecule has 0 spiro atoms. The van der Waals surface area contributed by atoms with Gasteiger partial charge in [-0.15, -0.1) is 0 Å². The van der Waals surface area contributed by atoms with E-state index in [0.29, 0.717) is 13.1 Å². The minimum absolute atomic E-state index is 0.0229. The van der Waals surface area contributed by atoms with Crippen molar-refractivity contribution in [2.75, 3.05) is 26.2 Å². The maximum absolute atomic E-state index is 13.1. The molecule has 2 amide bonds. The van der Waals surface area contributed by atoms with Crippen LogP contribution < -0.4 is 0 Å². The van der Waals surface area contributed by atoms with Gasteiger partial charge in [-0.05, 0) is 24.8 Å². The molecule has 2 heterocycles. The van der Waals surface area contributed by atoms with Gasteiger partial charge < -0.3 is 9.80 Å². The highest BCUT2D eigenvalue weighted by Crippen LogP contribution is 2.35. The topological polar surface area (TPSA) is 40.6 Å². The second kappa shape index (κ2) is 7.37. The third-order valence-electron chi connectivity index (χ3n) is 5.34. The van der Waals surface area contributed by atoms with Gasteiger partial charge in [-0.25, -0.2) is 0 Å². The van der Waals surface area contributed by atoms with Gasteiger partial charge in [-0.2, -0.15) is 0 Å². The van der Waals surface area contributed by atoms with Crippen LogP contribution in [0.15, 0.2) is 30.3 Å². The highest BCUT2D eigenvalue weighted by Gasteiger charge is 2.42. The van der Waals surface area contributed by atoms with E-state index in [4.69, 9.17) is 0 Å². The number of rotatable bonds is 3. The lowest BCUT2D eigenvalue weighted by Gasteiger charge is -2.31. The van der Waals surface area contributed by atoms with Gasteiger partial charge in [0, 0.05) is 38.0 Å². The Morgan fingerprint density at radius 3 is 2.25 bits per heavy atom. The first-order chi connectivity index (χ1) is 11.6. The van der Waals surface area contributed by atoms with E-state index in [2.05, 4.69) is 12.1 Å². The van der Waals surface area contributed by atoms with E-state index in [0.717, 1.165) is 25.9 Å². The van der Waals surface area contributed by atoms with E-state index in [9.17, 15) is 9.59 Å². The molecule has 0 aromatic heterocycles. The molecule has 0 bridgehead atoms. The van der Waals surface area contributed by atoms with Crippen molar-refractivity contribution in [2.45, 2.75) is 39.0 Å². The van der Waals surface area contributed by atoms with E-state index >= 15 is 0 Å². The van der Waals surface area contributed by atoms with Crippen molar-refractivity contribution in [3.8, 4) is 0 Å². The molecule has 4 nitrogen and oxygen atoms in total. The summed E-state index contributed by atoms with van der Waals surface area (Å²) in [5.41, 5.74) is 1.17. The van der Waals surface area contributed by atoms with E-state index in [1.165, 1.54) is 12.0 Å². The Morgan fingerprint density at radius 1 is 0.958 bits per heavy atom. The fourth-order valence-corrected chi connectivity index (χ4v) is 3.99. The first kappa shape index (κ1) is 17.0. The molecule has 0 aliphatic carbocycles. The third-order valence-corrected chi connectivity index (χ3v) is 5.34. The van der Waals surface area contributed by atoms with Crippen LogP contribution in [-0.4, -0.2) is 47.8 Å². The van der Waals surface area contributed by atoms with E-state index in [1.54, 1.807) is 0 Å². The Kier molecular flexibility index (Phi) is 5.22. The zero-order valence-corrected chi connectivity index (χ0v) is 14.8. The van der Waals surface area contributed by atoms with Gasteiger partial charge >= 0.3 is 0 Å². The van der Waals surface area contributed by atoms with Gasteiger partial charge in [0.2, 0.25) is 11.8 Å². The molecule has 3 rings (SSSR count). The fraction of sp³-hybridized carbons (Fsp3) is 0.600. The molecule has 0 saturated carbocycles. The molecule has 2 atom stereocenters. The molecule has 2 aliphatic rings. The summed E-state index contributed by atoms with van der Waals surface area (Å²) >= 11 is 0. The summed E-state index contributed by atoms with van der Waals surface area (Å²) in [6.45, 7) is 6.82. The van der Waals surface area contributed by atoms with Crippen LogP contribution in [0.1, 0.15) is 44.6 Å². The van der Waals surface area contributed by atoms with Gasteiger partial charge in [0.1, 0.15) is 0 Å². The highest BCUT2D eigenvalue weighted by atomic mass is 16.2. The van der Waals surface area contributed by atoms with Crippen LogP contribution in [-0.2, 0) is 9.59 Å². The summed E-state index contributed by atoms with van der Waals surface area (Å²) in [6, 6.07) is 10.2. The number of hydrogen-bond acceptors (Lipinski definition) is 2. The third kappa shape index (κ3) is 3.47. The molecular weight excluding hydrogens is 300 g/mol. The predicted molar refractivity (Wildman–Crippen MR) is 94.5 cm³/mol. The Labute approximate surface area is 144 Å². The van der Waals surface area contributed by atoms with E-state index in [1.807, 2.05) is 41.8 Å². The number of carbonyl (C=O) groups is 2. The zero-order valence-electron chi connectivity index (χ0n) is 14.8. The normalized spacial score (nSPS) is 24.5. The van der Waals surface area contributed by atoms with Gasteiger partial charge in [-0.3, -0.25) is 9.59 Å². The number of amides is 2. The lowest BCUT2D eigenvalue weighted by molar-refractivity contribution is -0.137. The molecule has 2 aliphatic heterocycles. The molecular formula is C20H28N2O2. The molecule has 4 heteroatoms. The number of piperidine rings is 1. The van der Waals surface area contributed by atoms with E-state index < -0.39 is 0 Å². The largest absolute Gasteiger partial charge is 0.342 e. The summed E-state index contributed by atoms with van der Waals surface area (Å²) in [4.78, 5) is 29.5. The van der Waals surface area contributed by atoms with Crippen molar-refractivity contribution < 1.29 is 9.59 Å². The van der Waals surface area contributed by atoms with Crippen molar-refractivity contribution in [3.63, 3.8) is 0 Å². The fourth-order valence-electron chi connectivity index (χ4n) is 3.99. The van der Waals surface area contributed by atoms with Crippen LogP contribution in [0, 0.1) is 11.8 Å². The van der Waals surface area contributed by atoms with Crippen molar-refractivity contribution in [1.82, 2.24) is 9.80 Å². The smallest absolute Gasteiger partial charge is 0.228 e. The lowest BCUT2D eigenvalue weighted by atomic mass is 9.87. The maximum atomic E-state index is 13.1. The Hall–Kier alpha value is -1.84. The molecule has 2 fully saturated rings. The summed E-state index contributed by atoms with van der Waals surface area (Å²) in [7, 11) is 0. The summed E-state index contributed by atoms with van der Waals surface area (Å²) in [6.07, 6.45) is 3.42. The molecule has 1 aromatic carbocycles. The SMILES string of the molecule is CC(C)C(=O)N1CC(C(=O)N2CCCCC2)C(c2ccccc2)C1. The number of likely N-dealkylation sites (tertiary alicyclic amines) is 2. The van der Waals surface area contributed by atoms with E-state index in [-0.39, 0.29) is 29.6 Å².